The number of piperazine rings is 1. The average molecular weight is 480 g/mol. The first-order valence-electron chi connectivity index (χ1n) is 11.3. The number of benzene rings is 1. The molecule has 3 rings (SSSR count). The van der Waals surface area contributed by atoms with Crippen molar-refractivity contribution in [3.63, 3.8) is 0 Å². The first-order chi connectivity index (χ1) is 13.7. The van der Waals surface area contributed by atoms with Gasteiger partial charge in [0.15, 0.2) is 0 Å². The van der Waals surface area contributed by atoms with Crippen molar-refractivity contribution in [2.24, 2.45) is 10.8 Å². The van der Waals surface area contributed by atoms with Crippen LogP contribution in [0.4, 0.5) is 10.5 Å². The predicted molar refractivity (Wildman–Crippen MR) is 128 cm³/mol. The molecule has 0 spiro atoms. The van der Waals surface area contributed by atoms with Gasteiger partial charge in [-0.3, -0.25) is 0 Å². The molecule has 1 aliphatic carbocycles. The van der Waals surface area contributed by atoms with Crippen molar-refractivity contribution in [2.75, 3.05) is 31.1 Å². The summed E-state index contributed by atoms with van der Waals surface area (Å²) in [6, 6.07) is 6.74. The third kappa shape index (κ3) is 5.93. The molecule has 2 aliphatic rings. The van der Waals surface area contributed by atoms with E-state index in [0.717, 1.165) is 17.6 Å². The fraction of sp³-hybridized carbons (Fsp3) is 0.720. The Morgan fingerprint density at radius 3 is 2.13 bits per heavy atom. The number of hydrogen-bond acceptors (Lipinski definition) is 3. The van der Waals surface area contributed by atoms with Crippen molar-refractivity contribution in [3.05, 3.63) is 28.2 Å². The van der Waals surface area contributed by atoms with E-state index >= 15 is 0 Å². The van der Waals surface area contributed by atoms with Gasteiger partial charge in [-0.15, -0.1) is 0 Å². The molecule has 5 heteroatoms. The lowest BCUT2D eigenvalue weighted by molar-refractivity contribution is 0.0240. The van der Waals surface area contributed by atoms with Crippen LogP contribution in [0.3, 0.4) is 0 Å². The summed E-state index contributed by atoms with van der Waals surface area (Å²) < 4.78 is 6.71. The van der Waals surface area contributed by atoms with Crippen LogP contribution < -0.4 is 4.90 Å². The van der Waals surface area contributed by atoms with E-state index in [0.29, 0.717) is 29.8 Å². The molecule has 1 aliphatic heterocycles. The summed E-state index contributed by atoms with van der Waals surface area (Å²) in [5, 5.41) is 0. The van der Waals surface area contributed by atoms with Crippen LogP contribution in [0.15, 0.2) is 22.7 Å². The van der Waals surface area contributed by atoms with E-state index in [2.05, 4.69) is 66.7 Å². The molecule has 0 unspecified atom stereocenters. The Kier molecular flexibility index (Phi) is 6.54. The Morgan fingerprint density at radius 1 is 1.03 bits per heavy atom. The summed E-state index contributed by atoms with van der Waals surface area (Å²) in [7, 11) is 0. The highest BCUT2D eigenvalue weighted by atomic mass is 79.9. The van der Waals surface area contributed by atoms with Gasteiger partial charge >= 0.3 is 6.09 Å². The van der Waals surface area contributed by atoms with Crippen LogP contribution in [0.2, 0.25) is 0 Å². The highest BCUT2D eigenvalue weighted by Crippen LogP contribution is 2.53. The van der Waals surface area contributed by atoms with Gasteiger partial charge in [-0.25, -0.2) is 4.79 Å². The Bertz CT molecular complexity index is 758. The number of carbonyl (C=O) groups excluding carboxylic acids is 1. The van der Waals surface area contributed by atoms with Gasteiger partial charge < -0.3 is 14.5 Å². The minimum Gasteiger partial charge on any atom is -0.444 e. The van der Waals surface area contributed by atoms with E-state index in [-0.39, 0.29) is 6.09 Å². The Labute approximate surface area is 191 Å². The molecular weight excluding hydrogens is 440 g/mol. The number of amides is 1. The Balaban J connectivity index is 1.78. The molecule has 1 heterocycles. The number of carbonyl (C=O) groups is 1. The van der Waals surface area contributed by atoms with Crippen LogP contribution in [0.5, 0.6) is 0 Å². The summed E-state index contributed by atoms with van der Waals surface area (Å²) in [5.74, 6) is 0.556. The second kappa shape index (κ2) is 8.37. The smallest absolute Gasteiger partial charge is 0.410 e. The molecule has 0 aromatic heterocycles. The molecule has 0 radical (unpaired) electrons. The molecule has 4 nitrogen and oxygen atoms in total. The molecule has 1 aromatic carbocycles. The lowest BCUT2D eigenvalue weighted by Crippen LogP contribution is -2.50. The minimum atomic E-state index is -0.451. The largest absolute Gasteiger partial charge is 0.444 e. The van der Waals surface area contributed by atoms with Crippen molar-refractivity contribution in [1.82, 2.24) is 4.90 Å². The standard InChI is InChI=1S/C25H39BrN2O2/c1-23(2,3)30-22(29)28-12-10-27(11-13-28)21-9-8-19(26)14-20(21)18-15-24(4,5)17-25(6,7)16-18/h8-9,14,18H,10-13,15-17H2,1-7H3. The zero-order chi connectivity index (χ0) is 22.3. The second-order valence-corrected chi connectivity index (χ2v) is 12.7. The van der Waals surface area contributed by atoms with Gasteiger partial charge in [0.05, 0.1) is 0 Å². The normalized spacial score (nSPS) is 22.1. The van der Waals surface area contributed by atoms with Gasteiger partial charge in [0.2, 0.25) is 0 Å². The van der Waals surface area contributed by atoms with E-state index in [1.54, 1.807) is 0 Å². The second-order valence-electron chi connectivity index (χ2n) is 11.8. The van der Waals surface area contributed by atoms with Gasteiger partial charge in [0, 0.05) is 36.3 Å². The van der Waals surface area contributed by atoms with E-state index in [4.69, 9.17) is 4.74 Å². The minimum absolute atomic E-state index is 0.200. The highest BCUT2D eigenvalue weighted by molar-refractivity contribution is 9.10. The SMILES string of the molecule is CC1(C)CC(c2cc(Br)ccc2N2CCN(C(=O)OC(C)(C)C)CC2)CC(C)(C)C1. The molecule has 0 bridgehead atoms. The topological polar surface area (TPSA) is 32.8 Å². The summed E-state index contributed by atoms with van der Waals surface area (Å²) in [6.45, 7) is 18.5. The van der Waals surface area contributed by atoms with Gasteiger partial charge in [-0.05, 0) is 80.5 Å². The van der Waals surface area contributed by atoms with Gasteiger partial charge in [-0.1, -0.05) is 43.6 Å². The van der Waals surface area contributed by atoms with E-state index in [1.807, 2.05) is 25.7 Å². The lowest BCUT2D eigenvalue weighted by atomic mass is 9.60. The van der Waals surface area contributed by atoms with Gasteiger partial charge in [0.1, 0.15) is 5.60 Å². The quantitative estimate of drug-likeness (QED) is 0.466. The monoisotopic (exact) mass is 478 g/mol. The number of rotatable bonds is 2. The molecule has 1 amide bonds. The summed E-state index contributed by atoms with van der Waals surface area (Å²) in [6.07, 6.45) is 3.51. The fourth-order valence-electron chi connectivity index (χ4n) is 5.66. The van der Waals surface area contributed by atoms with E-state index in [9.17, 15) is 4.79 Å². The van der Waals surface area contributed by atoms with Crippen LogP contribution >= 0.6 is 15.9 Å². The Morgan fingerprint density at radius 2 is 1.60 bits per heavy atom. The molecule has 2 fully saturated rings. The van der Waals surface area contributed by atoms with Crippen LogP contribution in [0, 0.1) is 10.8 Å². The number of anilines is 1. The molecule has 1 aromatic rings. The lowest BCUT2D eigenvalue weighted by Gasteiger charge is -2.46. The van der Waals surface area contributed by atoms with Crippen molar-refractivity contribution in [2.45, 2.75) is 79.2 Å². The first-order valence-corrected chi connectivity index (χ1v) is 12.1. The van der Waals surface area contributed by atoms with Crippen molar-refractivity contribution < 1.29 is 9.53 Å². The van der Waals surface area contributed by atoms with Gasteiger partial charge in [-0.2, -0.15) is 0 Å². The van der Waals surface area contributed by atoms with E-state index in [1.165, 1.54) is 30.5 Å². The zero-order valence-corrected chi connectivity index (χ0v) is 21.4. The summed E-state index contributed by atoms with van der Waals surface area (Å²) in [5.41, 5.74) is 3.03. The first kappa shape index (κ1) is 23.4. The number of halogens is 1. The van der Waals surface area contributed by atoms with Crippen LogP contribution in [-0.2, 0) is 4.74 Å². The molecule has 30 heavy (non-hydrogen) atoms. The van der Waals surface area contributed by atoms with Crippen LogP contribution in [0.25, 0.3) is 0 Å². The highest BCUT2D eigenvalue weighted by Gasteiger charge is 2.40. The number of ether oxygens (including phenoxy) is 1. The average Bonchev–Trinajstić information content (AvgIpc) is 2.57. The maximum Gasteiger partial charge on any atom is 0.410 e. The van der Waals surface area contributed by atoms with Crippen molar-refractivity contribution in [3.8, 4) is 0 Å². The van der Waals surface area contributed by atoms with Crippen LogP contribution in [0.1, 0.15) is 79.2 Å². The Hall–Kier alpha value is -1.23. The van der Waals surface area contributed by atoms with Crippen LogP contribution in [-0.4, -0.2) is 42.8 Å². The molecular formula is C25H39BrN2O2. The molecule has 0 atom stereocenters. The van der Waals surface area contributed by atoms with Crippen molar-refractivity contribution in [1.29, 1.82) is 0 Å². The number of hydrogen-bond donors (Lipinski definition) is 0. The number of nitrogens with zero attached hydrogens (tertiary/aromatic N) is 2. The van der Waals surface area contributed by atoms with E-state index < -0.39 is 5.60 Å². The van der Waals surface area contributed by atoms with Gasteiger partial charge in [0.25, 0.3) is 0 Å². The summed E-state index contributed by atoms with van der Waals surface area (Å²) in [4.78, 5) is 16.7. The third-order valence-corrected chi connectivity index (χ3v) is 6.75. The molecule has 0 N–H and O–H groups in total. The maximum absolute atomic E-state index is 12.4. The fourth-order valence-corrected chi connectivity index (χ4v) is 6.04. The zero-order valence-electron chi connectivity index (χ0n) is 19.8. The summed E-state index contributed by atoms with van der Waals surface area (Å²) >= 11 is 3.71. The third-order valence-electron chi connectivity index (χ3n) is 6.26. The molecule has 1 saturated carbocycles. The maximum atomic E-state index is 12.4. The van der Waals surface area contributed by atoms with Crippen molar-refractivity contribution >= 4 is 27.7 Å². The predicted octanol–water partition coefficient (Wildman–Crippen LogP) is 6.83. The molecule has 1 saturated heterocycles. The molecule has 168 valence electrons.